The molecule has 7 atom stereocenters. The lowest BCUT2D eigenvalue weighted by Crippen LogP contribution is -2.55. The Morgan fingerprint density at radius 2 is 2.00 bits per heavy atom. The van der Waals surface area contributed by atoms with E-state index in [9.17, 15) is 19.5 Å². The van der Waals surface area contributed by atoms with Crippen molar-refractivity contribution in [2.75, 3.05) is 18.5 Å². The molecule has 0 aromatic heterocycles. The Morgan fingerprint density at radius 1 is 1.27 bits per heavy atom. The van der Waals surface area contributed by atoms with E-state index in [1.165, 1.54) is 4.90 Å². The van der Waals surface area contributed by atoms with Crippen molar-refractivity contribution in [3.63, 3.8) is 0 Å². The van der Waals surface area contributed by atoms with Gasteiger partial charge in [0.2, 0.25) is 11.8 Å². The number of halogens is 2. The zero-order valence-electron chi connectivity index (χ0n) is 20.4. The average molecular weight is 592 g/mol. The molecule has 1 spiro atoms. The second-order valence-corrected chi connectivity index (χ2v) is 11.3. The molecule has 2 amide bonds. The third kappa shape index (κ3) is 4.07. The van der Waals surface area contributed by atoms with Crippen molar-refractivity contribution < 1.29 is 29.0 Å². The summed E-state index contributed by atoms with van der Waals surface area (Å²) in [5.41, 5.74) is 0.576. The van der Waals surface area contributed by atoms with Gasteiger partial charge in [-0.05, 0) is 37.5 Å². The van der Waals surface area contributed by atoms with Crippen molar-refractivity contribution in [3.05, 3.63) is 64.7 Å². The zero-order valence-corrected chi connectivity index (χ0v) is 22.7. The maximum absolute atomic E-state index is 14.2. The van der Waals surface area contributed by atoms with Gasteiger partial charge in [0.05, 0.1) is 47.9 Å². The topological polar surface area (TPSA) is 105 Å². The number of nitrogens with zero attached hydrogens (tertiary/aromatic N) is 1. The van der Waals surface area contributed by atoms with Crippen molar-refractivity contribution in [1.82, 2.24) is 4.90 Å². The van der Waals surface area contributed by atoms with Gasteiger partial charge in [-0.2, -0.15) is 0 Å². The molecule has 3 heterocycles. The van der Waals surface area contributed by atoms with E-state index in [1.807, 2.05) is 19.1 Å². The van der Waals surface area contributed by atoms with Gasteiger partial charge < -0.3 is 24.8 Å². The summed E-state index contributed by atoms with van der Waals surface area (Å²) in [7, 11) is 0. The summed E-state index contributed by atoms with van der Waals surface area (Å²) in [6, 6.07) is 12.4. The van der Waals surface area contributed by atoms with E-state index in [0.29, 0.717) is 22.7 Å². The molecule has 2 bridgehead atoms. The molecule has 10 heteroatoms. The van der Waals surface area contributed by atoms with E-state index in [4.69, 9.17) is 21.1 Å². The molecule has 196 valence electrons. The fourth-order valence-electron chi connectivity index (χ4n) is 6.22. The summed E-state index contributed by atoms with van der Waals surface area (Å²) in [5.74, 6) is -3.24. The highest BCUT2D eigenvalue weighted by molar-refractivity contribution is 9.09. The number of nitrogens with one attached hydrogen (secondary N) is 1. The highest BCUT2D eigenvalue weighted by Crippen LogP contribution is 2.61. The van der Waals surface area contributed by atoms with Gasteiger partial charge in [-0.1, -0.05) is 70.0 Å². The van der Waals surface area contributed by atoms with Crippen LogP contribution in [0.15, 0.2) is 48.5 Å². The van der Waals surface area contributed by atoms with E-state index < -0.39 is 60.0 Å². The van der Waals surface area contributed by atoms with Crippen LogP contribution in [0.2, 0.25) is 5.02 Å². The van der Waals surface area contributed by atoms with Gasteiger partial charge in [0, 0.05) is 4.83 Å². The number of benzene rings is 2. The Bertz CT molecular complexity index is 1210. The number of fused-ring (bicyclic) bond motifs is 1. The highest BCUT2D eigenvalue weighted by atomic mass is 79.9. The predicted molar refractivity (Wildman–Crippen MR) is 140 cm³/mol. The molecule has 2 aromatic rings. The molecule has 3 fully saturated rings. The number of hydrogen-bond donors (Lipinski definition) is 2. The minimum atomic E-state index is -1.28. The van der Waals surface area contributed by atoms with Crippen LogP contribution in [0.25, 0.3) is 0 Å². The molecule has 2 aromatic carbocycles. The molecule has 8 nitrogen and oxygen atoms in total. The molecule has 37 heavy (non-hydrogen) atoms. The van der Waals surface area contributed by atoms with Crippen molar-refractivity contribution in [1.29, 1.82) is 0 Å². The van der Waals surface area contributed by atoms with E-state index in [2.05, 4.69) is 21.2 Å². The number of alkyl halides is 1. The molecule has 0 saturated carbocycles. The lowest BCUT2D eigenvalue weighted by molar-refractivity contribution is -0.155. The number of carbonyl (C=O) groups is 3. The smallest absolute Gasteiger partial charge is 0.312 e. The molecule has 3 aliphatic heterocycles. The number of rotatable bonds is 7. The van der Waals surface area contributed by atoms with Gasteiger partial charge in [-0.15, -0.1) is 0 Å². The van der Waals surface area contributed by atoms with Gasteiger partial charge in [0.25, 0.3) is 0 Å². The second-order valence-electron chi connectivity index (χ2n) is 9.69. The molecule has 3 aliphatic rings. The largest absolute Gasteiger partial charge is 0.466 e. The summed E-state index contributed by atoms with van der Waals surface area (Å²) in [5, 5.41) is 13.8. The van der Waals surface area contributed by atoms with E-state index >= 15 is 0 Å². The standard InChI is InChI=1S/C27H28BrClN2O6/c1-3-36-26(35)19-20-25(34)31(18(13-32)15-9-5-4-6-10-15)23(27(20)12-16(28)22(19)37-27)24(33)30-21-14(2)8-7-11-17(21)29/h4-11,16,18-20,22-23,32H,3,12-13H2,1-2H3,(H,30,33)/t16?,18-,19-,20+,22-,23-,27+/m1/s1. The number of aliphatic hydroxyl groups is 1. The maximum Gasteiger partial charge on any atom is 0.312 e. The molecule has 1 unspecified atom stereocenters. The predicted octanol–water partition coefficient (Wildman–Crippen LogP) is 3.63. The minimum Gasteiger partial charge on any atom is -0.466 e. The Labute approximate surface area is 228 Å². The Kier molecular flexibility index (Phi) is 7.08. The zero-order chi connectivity index (χ0) is 26.5. The number of hydrogen-bond acceptors (Lipinski definition) is 6. The summed E-state index contributed by atoms with van der Waals surface area (Å²) in [6.07, 6.45) is -0.274. The summed E-state index contributed by atoms with van der Waals surface area (Å²) in [6.45, 7) is 3.27. The summed E-state index contributed by atoms with van der Waals surface area (Å²) < 4.78 is 11.8. The molecule has 3 saturated heterocycles. The maximum atomic E-state index is 14.2. The number of likely N-dealkylation sites (tertiary alicyclic amines) is 1. The molecular weight excluding hydrogens is 564 g/mol. The van der Waals surface area contributed by atoms with E-state index in [-0.39, 0.29) is 11.4 Å². The van der Waals surface area contributed by atoms with Crippen LogP contribution in [0.1, 0.15) is 30.5 Å². The third-order valence-corrected chi connectivity index (χ3v) is 8.86. The van der Waals surface area contributed by atoms with Crippen LogP contribution < -0.4 is 5.32 Å². The Morgan fingerprint density at radius 3 is 2.65 bits per heavy atom. The Hall–Kier alpha value is -2.46. The van der Waals surface area contributed by atoms with Crippen LogP contribution >= 0.6 is 27.5 Å². The second kappa shape index (κ2) is 10.0. The number of aryl methyl sites for hydroxylation is 1. The van der Waals surface area contributed by atoms with Crippen LogP contribution in [-0.2, 0) is 23.9 Å². The first-order valence-corrected chi connectivity index (χ1v) is 13.6. The lowest BCUT2D eigenvalue weighted by atomic mass is 9.70. The normalized spacial score (nSPS) is 30.8. The summed E-state index contributed by atoms with van der Waals surface area (Å²) >= 11 is 10.0. The van der Waals surface area contributed by atoms with Crippen LogP contribution in [0.4, 0.5) is 5.69 Å². The fraction of sp³-hybridized carbons (Fsp3) is 0.444. The van der Waals surface area contributed by atoms with Crippen LogP contribution in [0.3, 0.4) is 0 Å². The van der Waals surface area contributed by atoms with Gasteiger partial charge in [-0.25, -0.2) is 0 Å². The van der Waals surface area contributed by atoms with Crippen molar-refractivity contribution in [3.8, 4) is 0 Å². The Balaban J connectivity index is 1.63. The van der Waals surface area contributed by atoms with Crippen molar-refractivity contribution >= 4 is 51.0 Å². The first kappa shape index (κ1) is 26.2. The number of anilines is 1. The van der Waals surface area contributed by atoms with E-state index in [1.54, 1.807) is 43.3 Å². The molecule has 5 rings (SSSR count). The van der Waals surface area contributed by atoms with Gasteiger partial charge in [-0.3, -0.25) is 14.4 Å². The number of esters is 1. The van der Waals surface area contributed by atoms with Crippen molar-refractivity contribution in [2.24, 2.45) is 11.8 Å². The number of ether oxygens (including phenoxy) is 2. The molecule has 0 radical (unpaired) electrons. The van der Waals surface area contributed by atoms with Crippen molar-refractivity contribution in [2.45, 2.75) is 48.9 Å². The fourth-order valence-corrected chi connectivity index (χ4v) is 7.43. The van der Waals surface area contributed by atoms with E-state index in [0.717, 1.165) is 5.56 Å². The molecule has 2 N–H and O–H groups in total. The monoisotopic (exact) mass is 590 g/mol. The number of aliphatic hydroxyl groups excluding tert-OH is 1. The number of amides is 2. The number of para-hydroxylation sites is 1. The molecule has 0 aliphatic carbocycles. The highest BCUT2D eigenvalue weighted by Gasteiger charge is 2.77. The average Bonchev–Trinajstić information content (AvgIpc) is 3.46. The van der Waals surface area contributed by atoms with Crippen LogP contribution in [-0.4, -0.2) is 63.6 Å². The van der Waals surface area contributed by atoms with Gasteiger partial charge >= 0.3 is 5.97 Å². The van der Waals surface area contributed by atoms with Crippen LogP contribution in [0.5, 0.6) is 0 Å². The first-order valence-electron chi connectivity index (χ1n) is 12.3. The van der Waals surface area contributed by atoms with Crippen LogP contribution in [0, 0.1) is 18.8 Å². The number of carbonyl (C=O) groups excluding carboxylic acids is 3. The summed E-state index contributed by atoms with van der Waals surface area (Å²) in [4.78, 5) is 42.5. The first-order chi connectivity index (χ1) is 17.7. The SMILES string of the molecule is CCOC(=O)[C@H]1[C@@H]2O[C@@]3(CC2Br)[C@@H]1C(=O)N([C@H](CO)c1ccccc1)[C@@H]3C(=O)Nc1c(C)cccc1Cl. The lowest BCUT2D eigenvalue weighted by Gasteiger charge is -2.37. The van der Waals surface area contributed by atoms with Gasteiger partial charge in [0.1, 0.15) is 11.6 Å². The van der Waals surface area contributed by atoms with Gasteiger partial charge in [0.15, 0.2) is 0 Å². The third-order valence-electron chi connectivity index (χ3n) is 7.70. The molecular formula is C27H28BrClN2O6. The quantitative estimate of drug-likeness (QED) is 0.376. The minimum absolute atomic E-state index is 0.158.